The molecule has 0 unspecified atom stereocenters. The van der Waals surface area contributed by atoms with Gasteiger partial charge in [-0.1, -0.05) is 6.07 Å². The minimum absolute atomic E-state index is 0.170. The highest BCUT2D eigenvalue weighted by atomic mass is 79.9. The second-order valence-electron chi connectivity index (χ2n) is 7.71. The topological polar surface area (TPSA) is 76.8 Å². The molecule has 0 aliphatic carbocycles. The van der Waals surface area contributed by atoms with Crippen LogP contribution in [0.5, 0.6) is 11.5 Å². The molecule has 0 fully saturated rings. The molecule has 1 atom stereocenters. The van der Waals surface area contributed by atoms with Crippen molar-refractivity contribution in [1.29, 1.82) is 0 Å². The Bertz CT molecular complexity index is 886. The minimum Gasteiger partial charge on any atom is -0.496 e. The summed E-state index contributed by atoms with van der Waals surface area (Å²) in [6.07, 6.45) is 2.09. The van der Waals surface area contributed by atoms with Crippen LogP contribution in [0.3, 0.4) is 0 Å². The van der Waals surface area contributed by atoms with Crippen molar-refractivity contribution in [2.75, 3.05) is 40.9 Å². The van der Waals surface area contributed by atoms with Gasteiger partial charge in [0.2, 0.25) is 5.91 Å². The van der Waals surface area contributed by atoms with E-state index >= 15 is 0 Å². The number of amides is 1. The maximum absolute atomic E-state index is 12.4. The van der Waals surface area contributed by atoms with Crippen LogP contribution in [0.2, 0.25) is 0 Å². The lowest BCUT2D eigenvalue weighted by atomic mass is 10.1. The summed E-state index contributed by atoms with van der Waals surface area (Å²) in [4.78, 5) is 14.5. The molecule has 6 nitrogen and oxygen atoms in total. The van der Waals surface area contributed by atoms with Crippen LogP contribution in [0.25, 0.3) is 0 Å². The molecule has 0 saturated heterocycles. The average molecular weight is 636 g/mol. The molecular formula is C23H30Br3N3O3. The van der Waals surface area contributed by atoms with E-state index in [1.165, 1.54) is 0 Å². The van der Waals surface area contributed by atoms with Crippen molar-refractivity contribution in [1.82, 2.24) is 10.2 Å². The largest absolute Gasteiger partial charge is 0.496 e. The predicted octanol–water partition coefficient (Wildman–Crippen LogP) is 4.54. The molecule has 1 amide bonds. The molecule has 0 aliphatic rings. The van der Waals surface area contributed by atoms with Gasteiger partial charge in [0.15, 0.2) is 0 Å². The van der Waals surface area contributed by atoms with Gasteiger partial charge in [-0.05, 0) is 117 Å². The van der Waals surface area contributed by atoms with E-state index < -0.39 is 6.04 Å². The number of halogens is 3. The predicted molar refractivity (Wildman–Crippen MR) is 140 cm³/mol. The summed E-state index contributed by atoms with van der Waals surface area (Å²) in [6, 6.07) is 9.11. The van der Waals surface area contributed by atoms with Crippen LogP contribution in [-0.4, -0.2) is 57.8 Å². The average Bonchev–Trinajstić information content (AvgIpc) is 2.72. The van der Waals surface area contributed by atoms with Crippen LogP contribution in [0.15, 0.2) is 43.7 Å². The molecule has 2 rings (SSSR count). The quantitative estimate of drug-likeness (QED) is 0.335. The molecule has 32 heavy (non-hydrogen) atoms. The number of benzene rings is 2. The summed E-state index contributed by atoms with van der Waals surface area (Å²) in [6.45, 7) is 2.12. The van der Waals surface area contributed by atoms with Gasteiger partial charge in [0.05, 0.1) is 33.2 Å². The highest BCUT2D eigenvalue weighted by molar-refractivity contribution is 9.11. The first kappa shape index (κ1) is 27.1. The highest BCUT2D eigenvalue weighted by Crippen LogP contribution is 2.35. The number of methoxy groups -OCH3 is 1. The number of hydrogen-bond acceptors (Lipinski definition) is 5. The molecule has 0 bridgehead atoms. The smallest absolute Gasteiger partial charge is 0.237 e. The Morgan fingerprint density at radius 3 is 2.34 bits per heavy atom. The van der Waals surface area contributed by atoms with E-state index in [-0.39, 0.29) is 5.91 Å². The zero-order valence-electron chi connectivity index (χ0n) is 18.6. The lowest BCUT2D eigenvalue weighted by Crippen LogP contribution is -2.42. The van der Waals surface area contributed by atoms with Gasteiger partial charge in [0.1, 0.15) is 11.5 Å². The van der Waals surface area contributed by atoms with Gasteiger partial charge < -0.3 is 25.4 Å². The molecule has 3 N–H and O–H groups in total. The number of nitrogens with zero attached hydrogens (tertiary/aromatic N) is 1. The standard InChI is InChI=1S/C23H30Br3N3O3/c1-29(2)9-4-10-32-22-18(25)12-16(13-19(22)26)7-8-28-23(30)20(27)14-15-5-6-21(31-3)17(24)11-15/h5-6,11-13,20H,4,7-10,14,27H2,1-3H3,(H,28,30)/t20-/m0/s1. The molecule has 0 spiro atoms. The second kappa shape index (κ2) is 13.5. The number of rotatable bonds is 12. The summed E-state index contributed by atoms with van der Waals surface area (Å²) in [5.41, 5.74) is 8.15. The van der Waals surface area contributed by atoms with E-state index in [4.69, 9.17) is 15.2 Å². The molecular weight excluding hydrogens is 606 g/mol. The molecule has 0 aromatic heterocycles. The van der Waals surface area contributed by atoms with E-state index in [2.05, 4.69) is 58.0 Å². The first-order valence-electron chi connectivity index (χ1n) is 10.3. The van der Waals surface area contributed by atoms with E-state index in [9.17, 15) is 4.79 Å². The highest BCUT2D eigenvalue weighted by Gasteiger charge is 2.15. The third-order valence-corrected chi connectivity index (χ3v) is 6.57. The zero-order valence-corrected chi connectivity index (χ0v) is 23.3. The summed E-state index contributed by atoms with van der Waals surface area (Å²) in [7, 11) is 5.71. The van der Waals surface area contributed by atoms with Crippen LogP contribution in [0.1, 0.15) is 17.5 Å². The van der Waals surface area contributed by atoms with Gasteiger partial charge in [-0.25, -0.2) is 0 Å². The van der Waals surface area contributed by atoms with Crippen molar-refractivity contribution in [3.05, 3.63) is 54.9 Å². The van der Waals surface area contributed by atoms with Crippen molar-refractivity contribution < 1.29 is 14.3 Å². The monoisotopic (exact) mass is 633 g/mol. The fourth-order valence-electron chi connectivity index (χ4n) is 3.09. The van der Waals surface area contributed by atoms with Crippen molar-refractivity contribution in [2.45, 2.75) is 25.3 Å². The van der Waals surface area contributed by atoms with Crippen LogP contribution < -0.4 is 20.5 Å². The van der Waals surface area contributed by atoms with Crippen molar-refractivity contribution in [3.8, 4) is 11.5 Å². The van der Waals surface area contributed by atoms with E-state index in [1.54, 1.807) is 7.11 Å². The molecule has 0 aliphatic heterocycles. The molecule has 0 heterocycles. The van der Waals surface area contributed by atoms with Crippen LogP contribution in [-0.2, 0) is 17.6 Å². The lowest BCUT2D eigenvalue weighted by Gasteiger charge is -2.15. The number of nitrogens with one attached hydrogen (secondary N) is 1. The van der Waals surface area contributed by atoms with Crippen molar-refractivity contribution in [3.63, 3.8) is 0 Å². The maximum Gasteiger partial charge on any atom is 0.237 e. The van der Waals surface area contributed by atoms with Crippen LogP contribution >= 0.6 is 47.8 Å². The first-order valence-corrected chi connectivity index (χ1v) is 12.7. The van der Waals surface area contributed by atoms with Crippen molar-refractivity contribution in [2.24, 2.45) is 5.73 Å². The summed E-state index contributed by atoms with van der Waals surface area (Å²) >= 11 is 10.6. The van der Waals surface area contributed by atoms with Gasteiger partial charge in [0.25, 0.3) is 0 Å². The normalized spacial score (nSPS) is 12.0. The SMILES string of the molecule is COc1ccc(C[C@H](N)C(=O)NCCc2cc(Br)c(OCCCN(C)C)c(Br)c2)cc1Br. The molecule has 2 aromatic carbocycles. The van der Waals surface area contributed by atoms with Gasteiger partial charge in [-0.2, -0.15) is 0 Å². The summed E-state index contributed by atoms with van der Waals surface area (Å²) in [5.74, 6) is 1.37. The number of nitrogens with two attached hydrogens (primary N) is 1. The van der Waals surface area contributed by atoms with Crippen molar-refractivity contribution >= 4 is 53.7 Å². The van der Waals surface area contributed by atoms with Gasteiger partial charge in [-0.3, -0.25) is 4.79 Å². The van der Waals surface area contributed by atoms with Crippen LogP contribution in [0, 0.1) is 0 Å². The number of carbonyl (C=O) groups excluding carboxylic acids is 1. The maximum atomic E-state index is 12.4. The van der Waals surface area contributed by atoms with E-state index in [0.29, 0.717) is 26.0 Å². The van der Waals surface area contributed by atoms with Gasteiger partial charge in [0, 0.05) is 13.1 Å². The molecule has 176 valence electrons. The first-order chi connectivity index (χ1) is 15.2. The van der Waals surface area contributed by atoms with Gasteiger partial charge >= 0.3 is 0 Å². The Hall–Kier alpha value is -1.13. The van der Waals surface area contributed by atoms with Gasteiger partial charge in [-0.15, -0.1) is 0 Å². The fraction of sp³-hybridized carbons (Fsp3) is 0.435. The Morgan fingerprint density at radius 1 is 1.09 bits per heavy atom. The zero-order chi connectivity index (χ0) is 23.7. The number of hydrogen-bond donors (Lipinski definition) is 2. The fourth-order valence-corrected chi connectivity index (χ4v) is 5.19. The summed E-state index contributed by atoms with van der Waals surface area (Å²) in [5, 5.41) is 2.93. The number of carbonyl (C=O) groups is 1. The number of ether oxygens (including phenoxy) is 2. The van der Waals surface area contributed by atoms with E-state index in [0.717, 1.165) is 49.0 Å². The lowest BCUT2D eigenvalue weighted by molar-refractivity contribution is -0.122. The molecule has 0 saturated carbocycles. The Labute approximate surface area is 215 Å². The van der Waals surface area contributed by atoms with Crippen LogP contribution in [0.4, 0.5) is 0 Å². The Balaban J connectivity index is 1.83. The molecule has 9 heteroatoms. The Kier molecular flexibility index (Phi) is 11.5. The molecule has 0 radical (unpaired) electrons. The minimum atomic E-state index is -0.619. The summed E-state index contributed by atoms with van der Waals surface area (Å²) < 4.78 is 13.8. The van der Waals surface area contributed by atoms with E-state index in [1.807, 2.05) is 44.4 Å². The third kappa shape index (κ3) is 8.67. The Morgan fingerprint density at radius 2 is 1.75 bits per heavy atom. The third-order valence-electron chi connectivity index (χ3n) is 4.78. The molecule has 2 aromatic rings. The second-order valence-corrected chi connectivity index (χ2v) is 10.3.